The summed E-state index contributed by atoms with van der Waals surface area (Å²) >= 11 is 0. The number of likely N-dealkylation sites (tertiary alicyclic amines) is 1. The zero-order chi connectivity index (χ0) is 20.8. The van der Waals surface area contributed by atoms with Crippen molar-refractivity contribution >= 4 is 17.7 Å². The molecule has 0 aliphatic carbocycles. The van der Waals surface area contributed by atoms with E-state index in [1.807, 2.05) is 26.2 Å². The summed E-state index contributed by atoms with van der Waals surface area (Å²) < 4.78 is 5.91. The number of anilines is 1. The van der Waals surface area contributed by atoms with Gasteiger partial charge in [-0.3, -0.25) is 4.79 Å². The van der Waals surface area contributed by atoms with Crippen LogP contribution in [0.4, 0.5) is 10.5 Å². The summed E-state index contributed by atoms with van der Waals surface area (Å²) in [7, 11) is 0. The molecule has 0 spiro atoms. The van der Waals surface area contributed by atoms with Crippen LogP contribution in [0.5, 0.6) is 6.01 Å². The van der Waals surface area contributed by atoms with Gasteiger partial charge in [-0.1, -0.05) is 13.8 Å². The van der Waals surface area contributed by atoms with E-state index in [-0.39, 0.29) is 17.9 Å². The minimum Gasteiger partial charge on any atom is -0.465 e. The lowest BCUT2D eigenvalue weighted by Crippen LogP contribution is -2.53. The highest BCUT2D eigenvalue weighted by atomic mass is 16.5. The maximum absolute atomic E-state index is 12.7. The molecule has 3 heterocycles. The number of carbonyl (C=O) groups excluding carboxylic acids is 1. The molecule has 0 saturated carbocycles. The summed E-state index contributed by atoms with van der Waals surface area (Å²) in [5, 5.41) is 11.3. The van der Waals surface area contributed by atoms with Crippen LogP contribution in [-0.2, 0) is 4.79 Å². The molecule has 1 atom stereocenters. The van der Waals surface area contributed by atoms with Gasteiger partial charge >= 0.3 is 12.1 Å². The molecule has 9 heteroatoms. The maximum Gasteiger partial charge on any atom is 0.405 e. The summed E-state index contributed by atoms with van der Waals surface area (Å²) in [4.78, 5) is 36.3. The SMILES string of the molecule is CC(C)[C@H](NC(=O)O)C(=O)N1CCC(Oc2ncc(N3CCCCC3)cn2)CC1. The molecule has 0 aromatic carbocycles. The number of hydrogen-bond acceptors (Lipinski definition) is 6. The van der Waals surface area contributed by atoms with E-state index < -0.39 is 12.1 Å². The first-order valence-corrected chi connectivity index (χ1v) is 10.5. The average Bonchev–Trinajstić information content (AvgIpc) is 2.73. The maximum atomic E-state index is 12.7. The number of amides is 2. The molecule has 2 aliphatic rings. The summed E-state index contributed by atoms with van der Waals surface area (Å²) in [6, 6.07) is -0.362. The molecule has 2 amide bonds. The third-order valence-electron chi connectivity index (χ3n) is 5.57. The van der Waals surface area contributed by atoms with Crippen molar-refractivity contribution in [3.8, 4) is 6.01 Å². The van der Waals surface area contributed by atoms with Gasteiger partial charge in [0, 0.05) is 39.0 Å². The minimum atomic E-state index is -1.18. The van der Waals surface area contributed by atoms with Crippen LogP contribution >= 0.6 is 0 Å². The normalized spacial score (nSPS) is 19.1. The highest BCUT2D eigenvalue weighted by Crippen LogP contribution is 2.21. The Morgan fingerprint density at radius 3 is 2.28 bits per heavy atom. The van der Waals surface area contributed by atoms with Gasteiger partial charge in [0.15, 0.2) is 0 Å². The second-order valence-corrected chi connectivity index (χ2v) is 8.09. The van der Waals surface area contributed by atoms with Gasteiger partial charge in [-0.15, -0.1) is 0 Å². The Morgan fingerprint density at radius 2 is 1.72 bits per heavy atom. The van der Waals surface area contributed by atoms with Gasteiger partial charge in [0.1, 0.15) is 12.1 Å². The Labute approximate surface area is 171 Å². The van der Waals surface area contributed by atoms with Crippen molar-refractivity contribution in [2.45, 2.75) is 58.1 Å². The number of rotatable bonds is 6. The molecule has 1 aromatic heterocycles. The molecule has 160 valence electrons. The molecule has 9 nitrogen and oxygen atoms in total. The van der Waals surface area contributed by atoms with E-state index in [1.54, 1.807) is 4.90 Å². The van der Waals surface area contributed by atoms with Crippen molar-refractivity contribution < 1.29 is 19.4 Å². The van der Waals surface area contributed by atoms with E-state index in [0.29, 0.717) is 31.9 Å². The van der Waals surface area contributed by atoms with Crippen LogP contribution in [0.25, 0.3) is 0 Å². The molecule has 2 fully saturated rings. The topological polar surface area (TPSA) is 108 Å². The standard InChI is InChI=1S/C20H31N5O4/c1-14(2)17(23-20(27)28)18(26)25-10-6-16(7-11-25)29-19-21-12-15(13-22-19)24-8-4-3-5-9-24/h12-14,16-17,23H,3-11H2,1-2H3,(H,27,28)/t17-/m0/s1. The molecule has 3 rings (SSSR count). The van der Waals surface area contributed by atoms with Gasteiger partial charge in [0.2, 0.25) is 5.91 Å². The van der Waals surface area contributed by atoms with E-state index >= 15 is 0 Å². The highest BCUT2D eigenvalue weighted by molar-refractivity contribution is 5.85. The highest BCUT2D eigenvalue weighted by Gasteiger charge is 2.31. The number of ether oxygens (including phenoxy) is 1. The third kappa shape index (κ3) is 5.71. The van der Waals surface area contributed by atoms with E-state index in [2.05, 4.69) is 20.2 Å². The minimum absolute atomic E-state index is 0.0511. The Bertz CT molecular complexity index is 683. The predicted molar refractivity (Wildman–Crippen MR) is 108 cm³/mol. The summed E-state index contributed by atoms with van der Waals surface area (Å²) in [5.74, 6) is -0.289. The molecule has 0 radical (unpaired) electrons. The number of nitrogens with zero attached hydrogens (tertiary/aromatic N) is 4. The van der Waals surface area contributed by atoms with E-state index in [1.165, 1.54) is 19.3 Å². The number of carbonyl (C=O) groups is 2. The Kier molecular flexibility index (Phi) is 7.11. The summed E-state index contributed by atoms with van der Waals surface area (Å²) in [5.41, 5.74) is 1.03. The van der Waals surface area contributed by atoms with Crippen LogP contribution in [0.1, 0.15) is 46.0 Å². The smallest absolute Gasteiger partial charge is 0.405 e. The molecule has 1 aromatic rings. The van der Waals surface area contributed by atoms with Gasteiger partial charge in [0.25, 0.3) is 0 Å². The first-order chi connectivity index (χ1) is 13.9. The van der Waals surface area contributed by atoms with Crippen molar-refractivity contribution in [1.29, 1.82) is 0 Å². The quantitative estimate of drug-likeness (QED) is 0.746. The number of hydrogen-bond donors (Lipinski definition) is 2. The molecule has 2 saturated heterocycles. The van der Waals surface area contributed by atoms with Crippen LogP contribution in [0.3, 0.4) is 0 Å². The van der Waals surface area contributed by atoms with Crippen LogP contribution in [0.2, 0.25) is 0 Å². The monoisotopic (exact) mass is 405 g/mol. The summed E-state index contributed by atoms with van der Waals surface area (Å²) in [6.07, 6.45) is 7.43. The zero-order valence-corrected chi connectivity index (χ0v) is 17.2. The van der Waals surface area contributed by atoms with E-state index in [9.17, 15) is 9.59 Å². The Balaban J connectivity index is 1.49. The molecule has 2 N–H and O–H groups in total. The fourth-order valence-corrected chi connectivity index (χ4v) is 3.87. The molecule has 0 unspecified atom stereocenters. The van der Waals surface area contributed by atoms with Gasteiger partial charge < -0.3 is 25.0 Å². The van der Waals surface area contributed by atoms with Crippen molar-refractivity contribution in [3.05, 3.63) is 12.4 Å². The fraction of sp³-hybridized carbons (Fsp3) is 0.700. The van der Waals surface area contributed by atoms with Crippen LogP contribution in [0, 0.1) is 5.92 Å². The fourth-order valence-electron chi connectivity index (χ4n) is 3.87. The summed E-state index contributed by atoms with van der Waals surface area (Å²) in [6.45, 7) is 6.81. The number of piperidine rings is 2. The average molecular weight is 405 g/mol. The molecular weight excluding hydrogens is 374 g/mol. The lowest BCUT2D eigenvalue weighted by Gasteiger charge is -2.34. The van der Waals surface area contributed by atoms with Crippen molar-refractivity contribution in [2.24, 2.45) is 5.92 Å². The molecule has 2 aliphatic heterocycles. The predicted octanol–water partition coefficient (Wildman–Crippen LogP) is 2.13. The first-order valence-electron chi connectivity index (χ1n) is 10.5. The second kappa shape index (κ2) is 9.76. The first kappa shape index (κ1) is 21.1. The number of carboxylic acid groups (broad SMARTS) is 1. The van der Waals surface area contributed by atoms with Crippen LogP contribution in [-0.4, -0.2) is 70.3 Å². The molecule has 0 bridgehead atoms. The zero-order valence-electron chi connectivity index (χ0n) is 17.2. The molecular formula is C20H31N5O4. The van der Waals surface area contributed by atoms with Crippen molar-refractivity contribution in [3.63, 3.8) is 0 Å². The third-order valence-corrected chi connectivity index (χ3v) is 5.57. The second-order valence-electron chi connectivity index (χ2n) is 8.09. The van der Waals surface area contributed by atoms with Gasteiger partial charge in [-0.25, -0.2) is 14.8 Å². The van der Waals surface area contributed by atoms with Crippen LogP contribution in [0.15, 0.2) is 12.4 Å². The van der Waals surface area contributed by atoms with Gasteiger partial charge in [-0.2, -0.15) is 0 Å². The van der Waals surface area contributed by atoms with Crippen molar-refractivity contribution in [2.75, 3.05) is 31.1 Å². The molecule has 29 heavy (non-hydrogen) atoms. The van der Waals surface area contributed by atoms with Gasteiger partial charge in [-0.05, 0) is 25.2 Å². The largest absolute Gasteiger partial charge is 0.465 e. The van der Waals surface area contributed by atoms with Gasteiger partial charge in [0.05, 0.1) is 18.1 Å². The lowest BCUT2D eigenvalue weighted by atomic mass is 10.0. The van der Waals surface area contributed by atoms with Crippen LogP contribution < -0.4 is 15.0 Å². The van der Waals surface area contributed by atoms with E-state index in [4.69, 9.17) is 9.84 Å². The van der Waals surface area contributed by atoms with Crippen molar-refractivity contribution in [1.82, 2.24) is 20.2 Å². The lowest BCUT2D eigenvalue weighted by molar-refractivity contribution is -0.136. The van der Waals surface area contributed by atoms with E-state index in [0.717, 1.165) is 18.8 Å². The Morgan fingerprint density at radius 1 is 1.10 bits per heavy atom. The number of nitrogens with one attached hydrogen (secondary N) is 1. The Hall–Kier alpha value is -2.58. The number of aromatic nitrogens is 2.